The van der Waals surface area contributed by atoms with Crippen molar-refractivity contribution >= 4 is 16.9 Å². The molecule has 1 aromatic heterocycles. The van der Waals surface area contributed by atoms with Gasteiger partial charge >= 0.3 is 0 Å². The average molecular weight is 409 g/mol. The van der Waals surface area contributed by atoms with Crippen molar-refractivity contribution in [2.45, 2.75) is 26.3 Å². The summed E-state index contributed by atoms with van der Waals surface area (Å²) in [7, 11) is 0. The van der Waals surface area contributed by atoms with Crippen LogP contribution >= 0.6 is 0 Å². The molecule has 0 unspecified atom stereocenters. The number of rotatable bonds is 6. The van der Waals surface area contributed by atoms with Gasteiger partial charge in [0.05, 0.1) is 23.6 Å². The van der Waals surface area contributed by atoms with Gasteiger partial charge in [-0.3, -0.25) is 9.59 Å². The van der Waals surface area contributed by atoms with Gasteiger partial charge in [0.2, 0.25) is 5.76 Å². The van der Waals surface area contributed by atoms with Gasteiger partial charge in [-0.25, -0.2) is 0 Å². The fourth-order valence-corrected chi connectivity index (χ4v) is 3.92. The molecule has 3 aromatic rings. The molecule has 7 heteroatoms. The van der Waals surface area contributed by atoms with Crippen molar-refractivity contribution < 1.29 is 24.2 Å². The highest BCUT2D eigenvalue weighted by molar-refractivity contribution is 5.99. The minimum atomic E-state index is -0.694. The van der Waals surface area contributed by atoms with E-state index in [0.717, 1.165) is 5.56 Å². The molecule has 0 aliphatic carbocycles. The summed E-state index contributed by atoms with van der Waals surface area (Å²) in [5.41, 5.74) is 1.91. The molecule has 0 bridgehead atoms. The first-order valence-corrected chi connectivity index (χ1v) is 9.91. The Bertz CT molecular complexity index is 1180. The molecule has 0 fully saturated rings. The summed E-state index contributed by atoms with van der Waals surface area (Å²) in [5, 5.41) is 19.8. The van der Waals surface area contributed by atoms with E-state index < -0.39 is 11.9 Å². The van der Waals surface area contributed by atoms with E-state index in [4.69, 9.17) is 9.15 Å². The lowest BCUT2D eigenvalue weighted by molar-refractivity contribution is 0.0716. The maximum absolute atomic E-state index is 13.4. The fraction of sp³-hybridized carbons (Fsp3) is 0.304. The number of carbonyl (C=O) groups excluding carboxylic acids is 1. The lowest BCUT2D eigenvalue weighted by Crippen LogP contribution is -2.31. The molecule has 0 saturated carbocycles. The van der Waals surface area contributed by atoms with E-state index in [9.17, 15) is 19.8 Å². The third kappa shape index (κ3) is 3.21. The van der Waals surface area contributed by atoms with E-state index in [1.165, 1.54) is 11.0 Å². The number of hydrogen-bond donors (Lipinski definition) is 2. The molecule has 4 rings (SSSR count). The van der Waals surface area contributed by atoms with Crippen LogP contribution in [-0.2, 0) is 0 Å². The zero-order valence-corrected chi connectivity index (χ0v) is 16.8. The van der Waals surface area contributed by atoms with Gasteiger partial charge in [0.25, 0.3) is 5.91 Å². The number of phenolic OH excluding ortho intramolecular Hbond substituents is 1. The number of aliphatic hydroxyl groups is 1. The van der Waals surface area contributed by atoms with Crippen molar-refractivity contribution in [3.63, 3.8) is 0 Å². The molecule has 0 saturated heterocycles. The van der Waals surface area contributed by atoms with E-state index in [1.54, 1.807) is 31.2 Å². The van der Waals surface area contributed by atoms with Gasteiger partial charge in [-0.05, 0) is 50.1 Å². The molecular formula is C23H23NO6. The summed E-state index contributed by atoms with van der Waals surface area (Å²) < 4.78 is 11.4. The van der Waals surface area contributed by atoms with Gasteiger partial charge in [0.15, 0.2) is 16.9 Å². The summed E-state index contributed by atoms with van der Waals surface area (Å²) in [6.45, 7) is 4.21. The first-order valence-electron chi connectivity index (χ1n) is 9.91. The Morgan fingerprint density at radius 3 is 2.70 bits per heavy atom. The van der Waals surface area contributed by atoms with Crippen LogP contribution in [0.25, 0.3) is 11.0 Å². The van der Waals surface area contributed by atoms with E-state index in [2.05, 4.69) is 0 Å². The van der Waals surface area contributed by atoms with Crippen molar-refractivity contribution in [2.24, 2.45) is 0 Å². The highest BCUT2D eigenvalue weighted by atomic mass is 16.5. The number of nitrogens with zero attached hydrogens (tertiary/aromatic N) is 1. The van der Waals surface area contributed by atoms with E-state index in [1.807, 2.05) is 13.0 Å². The molecule has 7 nitrogen and oxygen atoms in total. The van der Waals surface area contributed by atoms with E-state index in [0.29, 0.717) is 29.6 Å². The van der Waals surface area contributed by atoms with Crippen molar-refractivity contribution in [1.82, 2.24) is 4.90 Å². The van der Waals surface area contributed by atoms with Crippen LogP contribution < -0.4 is 10.2 Å². The van der Waals surface area contributed by atoms with Gasteiger partial charge < -0.3 is 24.3 Å². The van der Waals surface area contributed by atoms with Crippen LogP contribution in [0.4, 0.5) is 0 Å². The maximum Gasteiger partial charge on any atom is 0.290 e. The molecule has 156 valence electrons. The third-order valence-corrected chi connectivity index (χ3v) is 5.28. The molecule has 1 amide bonds. The summed E-state index contributed by atoms with van der Waals surface area (Å²) >= 11 is 0. The Labute approximate surface area is 173 Å². The third-order valence-electron chi connectivity index (χ3n) is 5.28. The smallest absolute Gasteiger partial charge is 0.290 e. The second kappa shape index (κ2) is 7.84. The number of carbonyl (C=O) groups is 1. The predicted molar refractivity (Wildman–Crippen MR) is 111 cm³/mol. The Morgan fingerprint density at radius 1 is 1.17 bits per heavy atom. The van der Waals surface area contributed by atoms with Crippen LogP contribution in [0.1, 0.15) is 46.6 Å². The number of aliphatic hydroxyl groups excluding tert-OH is 1. The summed E-state index contributed by atoms with van der Waals surface area (Å²) in [4.78, 5) is 28.1. The number of fused-ring (bicyclic) bond motifs is 2. The topological polar surface area (TPSA) is 100 Å². The largest absolute Gasteiger partial charge is 0.504 e. The molecule has 30 heavy (non-hydrogen) atoms. The summed E-state index contributed by atoms with van der Waals surface area (Å²) in [5.74, 6) is -0.119. The number of benzene rings is 2. The molecule has 2 heterocycles. The number of amides is 1. The molecule has 0 radical (unpaired) electrons. The first kappa shape index (κ1) is 20.0. The second-order valence-electron chi connectivity index (χ2n) is 7.31. The highest BCUT2D eigenvalue weighted by Gasteiger charge is 2.42. The van der Waals surface area contributed by atoms with Crippen LogP contribution in [0.15, 0.2) is 45.6 Å². The molecule has 1 aliphatic heterocycles. The number of phenols is 1. The molecule has 0 spiro atoms. The van der Waals surface area contributed by atoms with Crippen LogP contribution in [-0.4, -0.2) is 40.8 Å². The number of ether oxygens (including phenoxy) is 1. The second-order valence-corrected chi connectivity index (χ2v) is 7.31. The van der Waals surface area contributed by atoms with Crippen molar-refractivity contribution in [3.8, 4) is 11.5 Å². The zero-order chi connectivity index (χ0) is 21.4. The van der Waals surface area contributed by atoms with Gasteiger partial charge in [-0.2, -0.15) is 0 Å². The SMILES string of the molecule is CCOc1cc([C@H]2c3c(oc4ccc(C)cc4c3=O)C(=O)N2CCCO)ccc1O. The zero-order valence-electron chi connectivity index (χ0n) is 16.8. The standard InChI is InChI=1S/C23H23NO6/c1-3-29-18-12-14(6-7-16(18)26)20-19-21(27)15-11-13(2)5-8-17(15)30-22(19)23(28)24(20)9-4-10-25/h5-8,11-12,20,25-26H,3-4,9-10H2,1-2H3/t20-/m0/s1. The fourth-order valence-electron chi connectivity index (χ4n) is 3.92. The Hall–Kier alpha value is -3.32. The average Bonchev–Trinajstić information content (AvgIpc) is 3.01. The maximum atomic E-state index is 13.4. The number of aromatic hydroxyl groups is 1. The molecule has 2 aromatic carbocycles. The van der Waals surface area contributed by atoms with Crippen molar-refractivity contribution in [3.05, 3.63) is 69.1 Å². The van der Waals surface area contributed by atoms with Crippen LogP contribution in [0.5, 0.6) is 11.5 Å². The van der Waals surface area contributed by atoms with Crippen molar-refractivity contribution in [2.75, 3.05) is 19.8 Å². The minimum Gasteiger partial charge on any atom is -0.504 e. The minimum absolute atomic E-state index is 0.0188. The first-order chi connectivity index (χ1) is 14.5. The van der Waals surface area contributed by atoms with Gasteiger partial charge in [-0.15, -0.1) is 0 Å². The van der Waals surface area contributed by atoms with Gasteiger partial charge in [0.1, 0.15) is 5.58 Å². The lowest BCUT2D eigenvalue weighted by Gasteiger charge is -2.25. The Balaban J connectivity index is 1.95. The van der Waals surface area contributed by atoms with Crippen molar-refractivity contribution in [1.29, 1.82) is 0 Å². The molecule has 2 N–H and O–H groups in total. The molecule has 1 aliphatic rings. The number of hydrogen-bond acceptors (Lipinski definition) is 6. The van der Waals surface area contributed by atoms with Gasteiger partial charge in [-0.1, -0.05) is 17.7 Å². The predicted octanol–water partition coefficient (Wildman–Crippen LogP) is 3.13. The van der Waals surface area contributed by atoms with Gasteiger partial charge in [0, 0.05) is 13.2 Å². The molecular weight excluding hydrogens is 386 g/mol. The lowest BCUT2D eigenvalue weighted by atomic mass is 9.97. The summed E-state index contributed by atoms with van der Waals surface area (Å²) in [6, 6.07) is 9.36. The highest BCUT2D eigenvalue weighted by Crippen LogP contribution is 2.40. The van der Waals surface area contributed by atoms with E-state index >= 15 is 0 Å². The normalized spacial score (nSPS) is 15.6. The Kier molecular flexibility index (Phi) is 5.22. The number of aryl methyl sites for hydroxylation is 1. The summed E-state index contributed by atoms with van der Waals surface area (Å²) in [6.07, 6.45) is 0.361. The monoisotopic (exact) mass is 409 g/mol. The van der Waals surface area contributed by atoms with Crippen LogP contribution in [0, 0.1) is 6.92 Å². The van der Waals surface area contributed by atoms with E-state index in [-0.39, 0.29) is 41.4 Å². The van der Waals surface area contributed by atoms with Crippen LogP contribution in [0.3, 0.4) is 0 Å². The Morgan fingerprint density at radius 2 is 1.97 bits per heavy atom. The molecule has 1 atom stereocenters. The quantitative estimate of drug-likeness (QED) is 0.649. The van der Waals surface area contributed by atoms with Crippen LogP contribution in [0.2, 0.25) is 0 Å².